The Hall–Kier alpha value is -1.58. The van der Waals surface area contributed by atoms with E-state index in [1.165, 1.54) is 12.1 Å². The molecule has 2 aromatic rings. The highest BCUT2D eigenvalue weighted by Crippen LogP contribution is 2.32. The predicted octanol–water partition coefficient (Wildman–Crippen LogP) is 4.38. The Morgan fingerprint density at radius 1 is 1.16 bits per heavy atom. The molecule has 19 heavy (non-hydrogen) atoms. The van der Waals surface area contributed by atoms with Gasteiger partial charge in [-0.05, 0) is 36.9 Å². The maximum absolute atomic E-state index is 12.9. The summed E-state index contributed by atoms with van der Waals surface area (Å²) in [4.78, 5) is 0. The summed E-state index contributed by atoms with van der Waals surface area (Å²) in [5, 5.41) is 3.77. The fourth-order valence-corrected chi connectivity index (χ4v) is 1.92. The Labute approximate surface area is 117 Å². The molecule has 2 nitrogen and oxygen atoms in total. The van der Waals surface area contributed by atoms with Crippen LogP contribution < -0.4 is 10.1 Å². The van der Waals surface area contributed by atoms with Crippen LogP contribution in [0.5, 0.6) is 11.5 Å². The number of nitrogens with one attached hydrogen (secondary N) is 1. The minimum absolute atomic E-state index is 0.292. The molecule has 100 valence electrons. The van der Waals surface area contributed by atoms with Crippen molar-refractivity contribution in [3.05, 3.63) is 58.9 Å². The van der Waals surface area contributed by atoms with E-state index in [4.69, 9.17) is 16.3 Å². The first-order valence-corrected chi connectivity index (χ1v) is 6.50. The van der Waals surface area contributed by atoms with Gasteiger partial charge in [-0.1, -0.05) is 30.7 Å². The monoisotopic (exact) mass is 279 g/mol. The average Bonchev–Trinajstić information content (AvgIpc) is 2.42. The standard InChI is InChI=1S/C15H15ClFNO/c1-2-18-10-11-4-3-5-14(16)15(11)19-13-8-6-12(17)7-9-13/h3-9,18H,2,10H2,1H3. The fraction of sp³-hybridized carbons (Fsp3) is 0.200. The van der Waals surface area contributed by atoms with Gasteiger partial charge in [-0.15, -0.1) is 0 Å². The molecule has 0 heterocycles. The number of ether oxygens (including phenoxy) is 1. The lowest BCUT2D eigenvalue weighted by Gasteiger charge is -2.13. The van der Waals surface area contributed by atoms with E-state index in [1.807, 2.05) is 19.1 Å². The molecule has 2 rings (SSSR count). The van der Waals surface area contributed by atoms with Gasteiger partial charge in [-0.25, -0.2) is 4.39 Å². The first-order valence-electron chi connectivity index (χ1n) is 6.12. The van der Waals surface area contributed by atoms with Gasteiger partial charge in [0, 0.05) is 12.1 Å². The quantitative estimate of drug-likeness (QED) is 0.877. The minimum Gasteiger partial charge on any atom is -0.455 e. The maximum Gasteiger partial charge on any atom is 0.150 e. The molecule has 0 unspecified atom stereocenters. The SMILES string of the molecule is CCNCc1cccc(Cl)c1Oc1ccc(F)cc1. The van der Waals surface area contributed by atoms with Crippen LogP contribution in [0.25, 0.3) is 0 Å². The summed E-state index contributed by atoms with van der Waals surface area (Å²) in [6.45, 7) is 3.57. The van der Waals surface area contributed by atoms with Gasteiger partial charge in [0.25, 0.3) is 0 Å². The van der Waals surface area contributed by atoms with Crippen LogP contribution in [0.2, 0.25) is 5.02 Å². The van der Waals surface area contributed by atoms with Crippen LogP contribution in [0.15, 0.2) is 42.5 Å². The summed E-state index contributed by atoms with van der Waals surface area (Å²) in [6, 6.07) is 11.5. The smallest absolute Gasteiger partial charge is 0.150 e. The topological polar surface area (TPSA) is 21.3 Å². The van der Waals surface area contributed by atoms with Crippen molar-refractivity contribution in [3.63, 3.8) is 0 Å². The highest BCUT2D eigenvalue weighted by molar-refractivity contribution is 6.32. The third-order valence-corrected chi connectivity index (χ3v) is 2.95. The van der Waals surface area contributed by atoms with Crippen LogP contribution in [0, 0.1) is 5.82 Å². The van der Waals surface area contributed by atoms with Crippen LogP contribution in [0.1, 0.15) is 12.5 Å². The lowest BCUT2D eigenvalue weighted by atomic mass is 10.2. The second kappa shape index (κ2) is 6.55. The summed E-state index contributed by atoms with van der Waals surface area (Å²) < 4.78 is 18.6. The van der Waals surface area contributed by atoms with Crippen LogP contribution in [-0.2, 0) is 6.54 Å². The van der Waals surface area contributed by atoms with Gasteiger partial charge >= 0.3 is 0 Å². The van der Waals surface area contributed by atoms with Crippen LogP contribution in [0.4, 0.5) is 4.39 Å². The predicted molar refractivity (Wildman–Crippen MR) is 75.3 cm³/mol. The molecule has 0 aliphatic heterocycles. The van der Waals surface area contributed by atoms with Gasteiger partial charge in [0.2, 0.25) is 0 Å². The van der Waals surface area contributed by atoms with Crippen LogP contribution in [0.3, 0.4) is 0 Å². The van der Waals surface area contributed by atoms with E-state index in [9.17, 15) is 4.39 Å². The van der Waals surface area contributed by atoms with E-state index in [2.05, 4.69) is 5.32 Å². The summed E-state index contributed by atoms with van der Waals surface area (Å²) in [6.07, 6.45) is 0. The normalized spacial score (nSPS) is 10.5. The van der Waals surface area contributed by atoms with Crippen LogP contribution in [-0.4, -0.2) is 6.54 Å². The molecule has 4 heteroatoms. The Morgan fingerprint density at radius 2 is 1.89 bits per heavy atom. The van der Waals surface area contributed by atoms with Crippen molar-refractivity contribution in [1.29, 1.82) is 0 Å². The summed E-state index contributed by atoms with van der Waals surface area (Å²) >= 11 is 6.16. The Balaban J connectivity index is 2.25. The summed E-state index contributed by atoms with van der Waals surface area (Å²) in [5.74, 6) is 0.878. The summed E-state index contributed by atoms with van der Waals surface area (Å²) in [5.41, 5.74) is 0.971. The lowest BCUT2D eigenvalue weighted by molar-refractivity contribution is 0.471. The number of benzene rings is 2. The van der Waals surface area contributed by atoms with E-state index in [0.29, 0.717) is 23.1 Å². The molecule has 0 bridgehead atoms. The number of hydrogen-bond acceptors (Lipinski definition) is 2. The van der Waals surface area contributed by atoms with E-state index in [0.717, 1.165) is 12.1 Å². The molecule has 0 fully saturated rings. The van der Waals surface area contributed by atoms with Gasteiger partial charge in [0.05, 0.1) is 5.02 Å². The lowest BCUT2D eigenvalue weighted by Crippen LogP contribution is -2.12. The highest BCUT2D eigenvalue weighted by Gasteiger charge is 2.09. The molecule has 0 aromatic heterocycles. The van der Waals surface area contributed by atoms with Crippen molar-refractivity contribution in [2.75, 3.05) is 6.54 Å². The third-order valence-electron chi connectivity index (χ3n) is 2.65. The molecular formula is C15H15ClFNO. The second-order valence-corrected chi connectivity index (χ2v) is 4.47. The molecule has 0 radical (unpaired) electrons. The maximum atomic E-state index is 12.9. The van der Waals surface area contributed by atoms with Crippen molar-refractivity contribution in [3.8, 4) is 11.5 Å². The van der Waals surface area contributed by atoms with Crippen LogP contribution >= 0.6 is 11.6 Å². The fourth-order valence-electron chi connectivity index (χ4n) is 1.69. The zero-order chi connectivity index (χ0) is 13.7. The Kier molecular flexibility index (Phi) is 4.77. The van der Waals surface area contributed by atoms with Gasteiger partial charge < -0.3 is 10.1 Å². The van der Waals surface area contributed by atoms with Crippen molar-refractivity contribution >= 4 is 11.6 Å². The Morgan fingerprint density at radius 3 is 2.58 bits per heavy atom. The second-order valence-electron chi connectivity index (χ2n) is 4.06. The molecule has 0 saturated carbocycles. The minimum atomic E-state index is -0.292. The van der Waals surface area contributed by atoms with Gasteiger partial charge in [0.15, 0.2) is 0 Å². The first kappa shape index (κ1) is 13.8. The molecule has 0 spiro atoms. The molecule has 0 aliphatic rings. The number of hydrogen-bond donors (Lipinski definition) is 1. The molecule has 2 aromatic carbocycles. The molecular weight excluding hydrogens is 265 g/mol. The molecule has 1 N–H and O–H groups in total. The number of halogens is 2. The molecule has 0 atom stereocenters. The first-order chi connectivity index (χ1) is 9.20. The largest absolute Gasteiger partial charge is 0.455 e. The van der Waals surface area contributed by atoms with Gasteiger partial charge in [-0.3, -0.25) is 0 Å². The highest BCUT2D eigenvalue weighted by atomic mass is 35.5. The zero-order valence-electron chi connectivity index (χ0n) is 10.6. The van der Waals surface area contributed by atoms with E-state index < -0.39 is 0 Å². The average molecular weight is 280 g/mol. The van der Waals surface area contributed by atoms with Gasteiger partial charge in [0.1, 0.15) is 17.3 Å². The number of rotatable bonds is 5. The Bertz CT molecular complexity index is 542. The molecule has 0 aliphatic carbocycles. The van der Waals surface area contributed by atoms with E-state index in [-0.39, 0.29) is 5.82 Å². The van der Waals surface area contributed by atoms with Gasteiger partial charge in [-0.2, -0.15) is 0 Å². The van der Waals surface area contributed by atoms with E-state index >= 15 is 0 Å². The van der Waals surface area contributed by atoms with Crippen molar-refractivity contribution < 1.29 is 9.13 Å². The van der Waals surface area contributed by atoms with Crippen molar-refractivity contribution in [2.24, 2.45) is 0 Å². The van der Waals surface area contributed by atoms with Crippen molar-refractivity contribution in [2.45, 2.75) is 13.5 Å². The zero-order valence-corrected chi connectivity index (χ0v) is 11.4. The number of para-hydroxylation sites is 1. The molecule has 0 saturated heterocycles. The third kappa shape index (κ3) is 3.69. The van der Waals surface area contributed by atoms with E-state index in [1.54, 1.807) is 18.2 Å². The molecule has 0 amide bonds. The van der Waals surface area contributed by atoms with Crippen molar-refractivity contribution in [1.82, 2.24) is 5.32 Å². The summed E-state index contributed by atoms with van der Waals surface area (Å²) in [7, 11) is 0.